The van der Waals surface area contributed by atoms with Crippen LogP contribution in [-0.4, -0.2) is 69.2 Å². The minimum Gasteiger partial charge on any atom is -0.345 e. The first-order valence-electron chi connectivity index (χ1n) is 9.26. The highest BCUT2D eigenvalue weighted by Gasteiger charge is 2.26. The van der Waals surface area contributed by atoms with Gasteiger partial charge in [-0.1, -0.05) is 12.1 Å². The first kappa shape index (κ1) is 18.1. The highest BCUT2D eigenvalue weighted by molar-refractivity contribution is 6.02. The zero-order chi connectivity index (χ0) is 19.5. The van der Waals surface area contributed by atoms with E-state index in [9.17, 15) is 9.59 Å². The number of carbonyl (C=O) groups is 2. The molecule has 0 radical (unpaired) electrons. The molecule has 0 unspecified atom stereocenters. The molecule has 3 aromatic rings. The number of nitrogens with zero attached hydrogens (tertiary/aromatic N) is 5. The Hall–Kier alpha value is -3.26. The summed E-state index contributed by atoms with van der Waals surface area (Å²) in [6.45, 7) is 3.25. The predicted octanol–water partition coefficient (Wildman–Crippen LogP) is 1.05. The van der Waals surface area contributed by atoms with Crippen molar-refractivity contribution in [3.8, 4) is 0 Å². The van der Waals surface area contributed by atoms with Crippen molar-refractivity contribution in [1.29, 1.82) is 0 Å². The van der Waals surface area contributed by atoms with E-state index in [0.717, 1.165) is 18.8 Å². The molecule has 1 aliphatic heterocycles. The van der Waals surface area contributed by atoms with Crippen LogP contribution in [0.3, 0.4) is 0 Å². The normalized spacial score (nSPS) is 15.0. The number of fused-ring (bicyclic) bond motifs is 1. The first-order chi connectivity index (χ1) is 13.6. The van der Waals surface area contributed by atoms with Gasteiger partial charge in [0.1, 0.15) is 0 Å². The molecule has 1 fully saturated rings. The van der Waals surface area contributed by atoms with Crippen LogP contribution in [0.4, 0.5) is 0 Å². The molecule has 4 heterocycles. The van der Waals surface area contributed by atoms with Gasteiger partial charge in [-0.15, -0.1) is 0 Å². The summed E-state index contributed by atoms with van der Waals surface area (Å²) >= 11 is 0. The van der Waals surface area contributed by atoms with E-state index in [1.54, 1.807) is 27.8 Å². The van der Waals surface area contributed by atoms with Crippen LogP contribution < -0.4 is 5.32 Å². The molecule has 0 atom stereocenters. The minimum atomic E-state index is -0.327. The monoisotopic (exact) mass is 378 g/mol. The highest BCUT2D eigenvalue weighted by Crippen LogP contribution is 2.16. The SMILES string of the molecule is CN1CCN(C(=O)c2nc(C(=O)NCc3ccccn3)c3ccccn23)CC1. The number of piperazine rings is 1. The summed E-state index contributed by atoms with van der Waals surface area (Å²) < 4.78 is 1.69. The van der Waals surface area contributed by atoms with E-state index in [0.29, 0.717) is 25.2 Å². The molecule has 1 N–H and O–H groups in total. The third-order valence-corrected chi connectivity index (χ3v) is 4.90. The second kappa shape index (κ2) is 7.77. The van der Waals surface area contributed by atoms with Crippen molar-refractivity contribution in [2.45, 2.75) is 6.54 Å². The standard InChI is InChI=1S/C20H22N6O2/c1-24-10-12-25(13-11-24)20(28)18-23-17(16-7-3-5-9-26(16)18)19(27)22-14-15-6-2-4-8-21-15/h2-9H,10-14H2,1H3,(H,22,27). The summed E-state index contributed by atoms with van der Waals surface area (Å²) in [6.07, 6.45) is 3.45. The number of hydrogen-bond donors (Lipinski definition) is 1. The van der Waals surface area contributed by atoms with Crippen molar-refractivity contribution in [3.05, 3.63) is 66.0 Å². The number of likely N-dealkylation sites (N-methyl/N-ethyl adjacent to an activating group) is 1. The highest BCUT2D eigenvalue weighted by atomic mass is 16.2. The average Bonchev–Trinajstić information content (AvgIpc) is 3.13. The summed E-state index contributed by atoms with van der Waals surface area (Å²) in [4.78, 5) is 38.4. The zero-order valence-corrected chi connectivity index (χ0v) is 15.7. The summed E-state index contributed by atoms with van der Waals surface area (Å²) in [7, 11) is 2.04. The lowest BCUT2D eigenvalue weighted by molar-refractivity contribution is 0.0651. The van der Waals surface area contributed by atoms with Gasteiger partial charge in [0, 0.05) is 38.6 Å². The Morgan fingerprint density at radius 2 is 1.86 bits per heavy atom. The van der Waals surface area contributed by atoms with Crippen LogP contribution in [0.5, 0.6) is 0 Å². The smallest absolute Gasteiger partial charge is 0.290 e. The Labute approximate surface area is 162 Å². The fourth-order valence-electron chi connectivity index (χ4n) is 3.26. The minimum absolute atomic E-state index is 0.155. The quantitative estimate of drug-likeness (QED) is 0.734. The van der Waals surface area contributed by atoms with Gasteiger partial charge in [-0.05, 0) is 31.3 Å². The van der Waals surface area contributed by atoms with Gasteiger partial charge in [-0.2, -0.15) is 0 Å². The molecule has 0 saturated carbocycles. The van der Waals surface area contributed by atoms with Crippen molar-refractivity contribution in [3.63, 3.8) is 0 Å². The lowest BCUT2D eigenvalue weighted by Gasteiger charge is -2.31. The molecule has 0 aromatic carbocycles. The molecule has 1 aliphatic rings. The van der Waals surface area contributed by atoms with Gasteiger partial charge in [0.05, 0.1) is 17.8 Å². The second-order valence-corrected chi connectivity index (χ2v) is 6.84. The largest absolute Gasteiger partial charge is 0.345 e. The lowest BCUT2D eigenvalue weighted by atomic mass is 10.3. The van der Waals surface area contributed by atoms with E-state index >= 15 is 0 Å². The Morgan fingerprint density at radius 3 is 2.61 bits per heavy atom. The summed E-state index contributed by atoms with van der Waals surface area (Å²) in [5.74, 6) is -0.215. The Morgan fingerprint density at radius 1 is 1.07 bits per heavy atom. The Bertz CT molecular complexity index is 992. The maximum absolute atomic E-state index is 13.0. The van der Waals surface area contributed by atoms with Crippen LogP contribution in [0.25, 0.3) is 5.52 Å². The van der Waals surface area contributed by atoms with Crippen molar-refractivity contribution in [1.82, 2.24) is 29.5 Å². The maximum atomic E-state index is 13.0. The van der Waals surface area contributed by atoms with Gasteiger partial charge >= 0.3 is 0 Å². The van der Waals surface area contributed by atoms with Gasteiger partial charge in [0.15, 0.2) is 5.69 Å². The number of nitrogens with one attached hydrogen (secondary N) is 1. The number of carbonyl (C=O) groups excluding carboxylic acids is 2. The Balaban J connectivity index is 1.59. The van der Waals surface area contributed by atoms with Gasteiger partial charge < -0.3 is 15.1 Å². The molecule has 28 heavy (non-hydrogen) atoms. The Kier molecular flexibility index (Phi) is 5.03. The van der Waals surface area contributed by atoms with Crippen LogP contribution in [0, 0.1) is 0 Å². The van der Waals surface area contributed by atoms with E-state index in [1.165, 1.54) is 0 Å². The van der Waals surface area contributed by atoms with Gasteiger partial charge in [-0.25, -0.2) is 4.98 Å². The molecule has 1 saturated heterocycles. The molecule has 8 nitrogen and oxygen atoms in total. The molecule has 4 rings (SSSR count). The van der Waals surface area contributed by atoms with Gasteiger partial charge in [0.25, 0.3) is 11.8 Å². The zero-order valence-electron chi connectivity index (χ0n) is 15.7. The van der Waals surface area contributed by atoms with Crippen LogP contribution in [0.15, 0.2) is 48.8 Å². The van der Waals surface area contributed by atoms with Crippen molar-refractivity contribution in [2.75, 3.05) is 33.2 Å². The van der Waals surface area contributed by atoms with Crippen molar-refractivity contribution in [2.24, 2.45) is 0 Å². The molecule has 144 valence electrons. The van der Waals surface area contributed by atoms with Crippen LogP contribution in [0.2, 0.25) is 0 Å². The van der Waals surface area contributed by atoms with Crippen molar-refractivity contribution < 1.29 is 9.59 Å². The molecule has 0 aliphatic carbocycles. The molecule has 0 bridgehead atoms. The summed E-state index contributed by atoms with van der Waals surface area (Å²) in [6, 6.07) is 11.0. The van der Waals surface area contributed by atoms with Gasteiger partial charge in [-0.3, -0.25) is 19.0 Å². The number of pyridine rings is 2. The first-order valence-corrected chi connectivity index (χ1v) is 9.26. The molecular weight excluding hydrogens is 356 g/mol. The van der Waals surface area contributed by atoms with E-state index in [1.807, 2.05) is 37.4 Å². The third kappa shape index (κ3) is 3.59. The van der Waals surface area contributed by atoms with E-state index in [2.05, 4.69) is 20.2 Å². The summed E-state index contributed by atoms with van der Waals surface area (Å²) in [5.41, 5.74) is 1.61. The predicted molar refractivity (Wildman–Crippen MR) is 104 cm³/mol. The van der Waals surface area contributed by atoms with E-state index in [4.69, 9.17) is 0 Å². The number of amides is 2. The number of imidazole rings is 1. The fraction of sp³-hybridized carbons (Fsp3) is 0.300. The van der Waals surface area contributed by atoms with E-state index < -0.39 is 0 Å². The number of aromatic nitrogens is 3. The van der Waals surface area contributed by atoms with Crippen molar-refractivity contribution >= 4 is 17.3 Å². The number of rotatable bonds is 4. The third-order valence-electron chi connectivity index (χ3n) is 4.90. The van der Waals surface area contributed by atoms with E-state index in [-0.39, 0.29) is 23.3 Å². The van der Waals surface area contributed by atoms with Crippen LogP contribution in [0.1, 0.15) is 26.8 Å². The maximum Gasteiger partial charge on any atom is 0.290 e. The molecule has 0 spiro atoms. The van der Waals surface area contributed by atoms with Gasteiger partial charge in [0.2, 0.25) is 5.82 Å². The molecule has 3 aromatic heterocycles. The lowest BCUT2D eigenvalue weighted by Crippen LogP contribution is -2.47. The molecule has 8 heteroatoms. The molecule has 2 amide bonds. The second-order valence-electron chi connectivity index (χ2n) is 6.84. The summed E-state index contributed by atoms with van der Waals surface area (Å²) in [5, 5.41) is 2.84. The number of hydrogen-bond acceptors (Lipinski definition) is 5. The molecular formula is C20H22N6O2. The van der Waals surface area contributed by atoms with Crippen LogP contribution >= 0.6 is 0 Å². The average molecular weight is 378 g/mol. The van der Waals surface area contributed by atoms with Crippen LogP contribution in [-0.2, 0) is 6.54 Å². The topological polar surface area (TPSA) is 82.8 Å². The fourth-order valence-corrected chi connectivity index (χ4v) is 3.26.